The van der Waals surface area contributed by atoms with Crippen LogP contribution in [0.5, 0.6) is 0 Å². The summed E-state index contributed by atoms with van der Waals surface area (Å²) in [4.78, 5) is 0. The van der Waals surface area contributed by atoms with Crippen molar-refractivity contribution in [1.82, 2.24) is 4.57 Å². The molecule has 0 bridgehead atoms. The zero-order valence-corrected chi connectivity index (χ0v) is 14.1. The van der Waals surface area contributed by atoms with Gasteiger partial charge in [-0.3, -0.25) is 0 Å². The minimum Gasteiger partial charge on any atom is -0.387 e. The van der Waals surface area contributed by atoms with Crippen molar-refractivity contribution in [2.24, 2.45) is 12.5 Å². The Morgan fingerprint density at radius 2 is 1.79 bits per heavy atom. The third-order valence-electron chi connectivity index (χ3n) is 5.04. The Morgan fingerprint density at radius 1 is 1.08 bits per heavy atom. The van der Waals surface area contributed by atoms with Gasteiger partial charge in [-0.15, -0.1) is 0 Å². The average Bonchev–Trinajstić information content (AvgIpc) is 3.33. The lowest BCUT2D eigenvalue weighted by Gasteiger charge is -2.16. The molecule has 2 aromatic carbocycles. The number of benzene rings is 2. The number of aliphatic hydroxyl groups is 1. The van der Waals surface area contributed by atoms with Crippen LogP contribution in [0.15, 0.2) is 54.7 Å². The molecule has 0 aliphatic heterocycles. The maximum Gasteiger partial charge on any atom is 0.0976 e. The number of para-hydroxylation sites is 1. The first kappa shape index (κ1) is 15.1. The second-order valence-electron chi connectivity index (χ2n) is 6.89. The van der Waals surface area contributed by atoms with E-state index >= 15 is 0 Å². The molecule has 2 heteroatoms. The van der Waals surface area contributed by atoms with E-state index in [2.05, 4.69) is 47.6 Å². The van der Waals surface area contributed by atoms with E-state index in [1.54, 1.807) is 0 Å². The lowest BCUT2D eigenvalue weighted by molar-refractivity contribution is 0.125. The normalized spacial score (nSPS) is 16.5. The van der Waals surface area contributed by atoms with Crippen LogP contribution in [0, 0.1) is 24.2 Å². The van der Waals surface area contributed by atoms with Crippen molar-refractivity contribution < 1.29 is 5.11 Å². The van der Waals surface area contributed by atoms with Gasteiger partial charge in [0, 0.05) is 35.3 Å². The van der Waals surface area contributed by atoms with Crippen LogP contribution in [0.4, 0.5) is 0 Å². The molecule has 0 radical (unpaired) electrons. The molecule has 1 saturated carbocycles. The summed E-state index contributed by atoms with van der Waals surface area (Å²) in [6, 6.07) is 16.5. The first-order valence-electron chi connectivity index (χ1n) is 8.41. The molecule has 0 saturated heterocycles. The second-order valence-corrected chi connectivity index (χ2v) is 6.89. The average molecular weight is 315 g/mol. The van der Waals surface area contributed by atoms with E-state index < -0.39 is 6.10 Å². The van der Waals surface area contributed by atoms with E-state index in [0.29, 0.717) is 0 Å². The van der Waals surface area contributed by atoms with Gasteiger partial charge in [-0.25, -0.2) is 0 Å². The number of hydrogen-bond acceptors (Lipinski definition) is 1. The number of nitrogens with zero attached hydrogens (tertiary/aromatic N) is 1. The van der Waals surface area contributed by atoms with Crippen LogP contribution >= 0.6 is 0 Å². The number of aromatic nitrogens is 1. The minimum atomic E-state index is -0.540. The van der Waals surface area contributed by atoms with Gasteiger partial charge in [-0.1, -0.05) is 47.7 Å². The number of aryl methyl sites for hydroxylation is 2. The van der Waals surface area contributed by atoms with Crippen molar-refractivity contribution in [3.05, 3.63) is 71.4 Å². The van der Waals surface area contributed by atoms with E-state index in [0.717, 1.165) is 34.9 Å². The van der Waals surface area contributed by atoms with Crippen molar-refractivity contribution in [1.29, 1.82) is 0 Å². The van der Waals surface area contributed by atoms with Crippen molar-refractivity contribution >= 4 is 10.9 Å². The van der Waals surface area contributed by atoms with Crippen molar-refractivity contribution in [2.45, 2.75) is 25.9 Å². The monoisotopic (exact) mass is 315 g/mol. The molecule has 2 nitrogen and oxygen atoms in total. The molecule has 4 rings (SSSR count). The first-order valence-corrected chi connectivity index (χ1v) is 8.41. The molecule has 0 spiro atoms. The fraction of sp³-hybridized carbons (Fsp3) is 0.273. The molecule has 1 aliphatic carbocycles. The van der Waals surface area contributed by atoms with Crippen LogP contribution in [-0.2, 0) is 7.05 Å². The van der Waals surface area contributed by atoms with Crippen LogP contribution in [-0.4, -0.2) is 9.67 Å². The highest BCUT2D eigenvalue weighted by Crippen LogP contribution is 2.55. The molecule has 1 aromatic heterocycles. The van der Waals surface area contributed by atoms with Crippen LogP contribution in [0.25, 0.3) is 10.9 Å². The van der Waals surface area contributed by atoms with Gasteiger partial charge < -0.3 is 9.67 Å². The van der Waals surface area contributed by atoms with Gasteiger partial charge in [0.15, 0.2) is 0 Å². The summed E-state index contributed by atoms with van der Waals surface area (Å²) < 4.78 is 2.08. The minimum absolute atomic E-state index is 0.297. The lowest BCUT2D eigenvalue weighted by atomic mass is 9.92. The predicted octanol–water partition coefficient (Wildman–Crippen LogP) is 4.35. The van der Waals surface area contributed by atoms with E-state index in [1.165, 1.54) is 5.56 Å². The lowest BCUT2D eigenvalue weighted by Crippen LogP contribution is -2.11. The maximum absolute atomic E-state index is 11.0. The molecule has 24 heavy (non-hydrogen) atoms. The van der Waals surface area contributed by atoms with E-state index in [-0.39, 0.29) is 5.41 Å². The van der Waals surface area contributed by atoms with Crippen LogP contribution in [0.1, 0.15) is 35.6 Å². The number of aliphatic hydroxyl groups excluding tert-OH is 1. The topological polar surface area (TPSA) is 25.2 Å². The van der Waals surface area contributed by atoms with Crippen LogP contribution in [0.2, 0.25) is 0 Å². The summed E-state index contributed by atoms with van der Waals surface area (Å²) in [5.41, 5.74) is 4.08. The summed E-state index contributed by atoms with van der Waals surface area (Å²) in [6.45, 7) is 2.07. The van der Waals surface area contributed by atoms with Gasteiger partial charge >= 0.3 is 0 Å². The number of hydrogen-bond donors (Lipinski definition) is 1. The first-order chi connectivity index (χ1) is 11.6. The third-order valence-corrected chi connectivity index (χ3v) is 5.04. The fourth-order valence-corrected chi connectivity index (χ4v) is 3.32. The van der Waals surface area contributed by atoms with Crippen molar-refractivity contribution in [3.8, 4) is 11.8 Å². The summed E-state index contributed by atoms with van der Waals surface area (Å²) in [7, 11) is 2.02. The largest absolute Gasteiger partial charge is 0.387 e. The van der Waals surface area contributed by atoms with Crippen molar-refractivity contribution in [2.75, 3.05) is 0 Å². The molecular formula is C22H21NO. The van der Waals surface area contributed by atoms with Crippen molar-refractivity contribution in [3.63, 3.8) is 0 Å². The smallest absolute Gasteiger partial charge is 0.0976 e. The predicted molar refractivity (Wildman–Crippen MR) is 97.6 cm³/mol. The van der Waals surface area contributed by atoms with Crippen LogP contribution < -0.4 is 0 Å². The van der Waals surface area contributed by atoms with E-state index in [1.807, 2.05) is 37.5 Å². The molecular weight excluding hydrogens is 294 g/mol. The molecule has 3 aromatic rings. The van der Waals surface area contributed by atoms with Gasteiger partial charge in [0.25, 0.3) is 0 Å². The molecule has 120 valence electrons. The number of fused-ring (bicyclic) bond motifs is 1. The van der Waals surface area contributed by atoms with E-state index in [9.17, 15) is 5.11 Å². The molecule has 1 atom stereocenters. The fourth-order valence-electron chi connectivity index (χ4n) is 3.32. The highest BCUT2D eigenvalue weighted by atomic mass is 16.3. The summed E-state index contributed by atoms with van der Waals surface area (Å²) in [5, 5.41) is 12.1. The second kappa shape index (κ2) is 5.54. The SMILES string of the molecule is Cc1ccc(C#CC2(C(O)c3cn(C)c4ccccc34)CC2)cc1. The van der Waals surface area contributed by atoms with Gasteiger partial charge in [-0.2, -0.15) is 0 Å². The zero-order chi connectivity index (χ0) is 16.7. The molecule has 1 unspecified atom stereocenters. The third kappa shape index (κ3) is 2.52. The van der Waals surface area contributed by atoms with Gasteiger partial charge in [0.2, 0.25) is 0 Å². The van der Waals surface area contributed by atoms with E-state index in [4.69, 9.17) is 0 Å². The van der Waals surface area contributed by atoms with Gasteiger partial charge in [0.1, 0.15) is 0 Å². The van der Waals surface area contributed by atoms with Crippen LogP contribution in [0.3, 0.4) is 0 Å². The Balaban J connectivity index is 1.68. The molecule has 0 amide bonds. The Bertz CT molecular complexity index is 949. The summed E-state index contributed by atoms with van der Waals surface area (Å²) in [6.07, 6.45) is 3.41. The zero-order valence-electron chi connectivity index (χ0n) is 14.1. The number of rotatable bonds is 2. The Kier molecular flexibility index (Phi) is 3.48. The molecule has 1 N–H and O–H groups in total. The quantitative estimate of drug-likeness (QED) is 0.699. The Hall–Kier alpha value is -2.50. The standard InChI is InChI=1S/C22H21NO/c1-16-7-9-17(10-8-16)11-12-22(13-14-22)21(24)19-15-23(2)20-6-4-3-5-18(19)20/h3-10,15,21,24H,13-14H2,1-2H3. The highest BCUT2D eigenvalue weighted by molar-refractivity contribution is 5.84. The maximum atomic E-state index is 11.0. The summed E-state index contributed by atoms with van der Waals surface area (Å²) in [5.74, 6) is 6.63. The Labute approximate surface area is 142 Å². The highest BCUT2D eigenvalue weighted by Gasteiger charge is 2.49. The van der Waals surface area contributed by atoms with Gasteiger partial charge in [-0.05, 0) is 38.0 Å². The molecule has 1 aliphatic rings. The Morgan fingerprint density at radius 3 is 2.50 bits per heavy atom. The molecule has 1 heterocycles. The van der Waals surface area contributed by atoms with Gasteiger partial charge in [0.05, 0.1) is 11.5 Å². The molecule has 1 fully saturated rings. The summed E-state index contributed by atoms with van der Waals surface area (Å²) >= 11 is 0.